The van der Waals surface area contributed by atoms with Crippen LogP contribution in [0.3, 0.4) is 0 Å². The minimum absolute atomic E-state index is 0.0275. The number of fused-ring (bicyclic) bond motifs is 1. The number of hydrogen-bond acceptors (Lipinski definition) is 5. The van der Waals surface area contributed by atoms with Gasteiger partial charge in [0, 0.05) is 0 Å². The van der Waals surface area contributed by atoms with Crippen LogP contribution in [-0.2, 0) is 4.74 Å². The normalized spacial score (nSPS) is 14.2. The maximum Gasteiger partial charge on any atom is 0.347 e. The van der Waals surface area contributed by atoms with Crippen LogP contribution in [-0.4, -0.2) is 22.2 Å². The van der Waals surface area contributed by atoms with Crippen LogP contribution >= 0.6 is 0 Å². The fourth-order valence-electron chi connectivity index (χ4n) is 1.11. The average Bonchev–Trinajstić information content (AvgIpc) is 2.31. The first kappa shape index (κ1) is 7.60. The molecule has 2 rings (SSSR count). The van der Waals surface area contributed by atoms with Crippen LogP contribution in [0.4, 0.5) is 0 Å². The fourth-order valence-corrected chi connectivity index (χ4v) is 1.11. The number of cyclic esters (lactones) is 2. The smallest absolute Gasteiger partial charge is 0.347 e. The van der Waals surface area contributed by atoms with Gasteiger partial charge in [0.2, 0.25) is 0 Å². The Balaban J connectivity index is 2.72. The third kappa shape index (κ3) is 0.936. The molecule has 0 radical (unpaired) electrons. The summed E-state index contributed by atoms with van der Waals surface area (Å²) in [5.41, 5.74) is -0.0550. The van der Waals surface area contributed by atoms with Gasteiger partial charge in [0.1, 0.15) is 0 Å². The molecule has 1 aliphatic heterocycles. The van der Waals surface area contributed by atoms with Crippen LogP contribution in [0.1, 0.15) is 20.7 Å². The lowest BCUT2D eigenvalue weighted by Crippen LogP contribution is -1.96. The summed E-state index contributed by atoms with van der Waals surface area (Å²) in [6, 6.07) is 2.00. The van der Waals surface area contributed by atoms with E-state index < -0.39 is 23.4 Å². The molecule has 0 amide bonds. The Kier molecular flexibility index (Phi) is 1.30. The van der Waals surface area contributed by atoms with Gasteiger partial charge in [-0.2, -0.15) is 0 Å². The van der Waals surface area contributed by atoms with Gasteiger partial charge in [-0.3, -0.25) is 0 Å². The van der Waals surface area contributed by atoms with Crippen molar-refractivity contribution in [3.8, 4) is 11.5 Å². The minimum Gasteiger partial charge on any atom is -0.504 e. The largest absolute Gasteiger partial charge is 0.504 e. The summed E-state index contributed by atoms with van der Waals surface area (Å²) in [6.45, 7) is 0. The molecule has 0 bridgehead atoms. The highest BCUT2D eigenvalue weighted by Gasteiger charge is 2.31. The number of esters is 2. The van der Waals surface area contributed by atoms with Gasteiger partial charge in [-0.1, -0.05) is 0 Å². The predicted octanol–water partition coefficient (Wildman–Crippen LogP) is 0.408. The molecule has 0 unspecified atom stereocenters. The minimum atomic E-state index is -0.810. The van der Waals surface area contributed by atoms with Crippen LogP contribution in [0, 0.1) is 0 Å². The summed E-state index contributed by atoms with van der Waals surface area (Å²) in [6.07, 6.45) is 0. The van der Waals surface area contributed by atoms with Gasteiger partial charge in [0.25, 0.3) is 0 Å². The summed E-state index contributed by atoms with van der Waals surface area (Å²) in [5.74, 6) is -2.53. The predicted molar refractivity (Wildman–Crippen MR) is 39.5 cm³/mol. The molecular formula is C8H4O5. The van der Waals surface area contributed by atoms with Gasteiger partial charge in [-0.25, -0.2) is 9.59 Å². The number of benzene rings is 1. The molecule has 5 heteroatoms. The van der Waals surface area contributed by atoms with Crippen molar-refractivity contribution in [2.45, 2.75) is 0 Å². The molecule has 1 aromatic carbocycles. The molecule has 0 spiro atoms. The van der Waals surface area contributed by atoms with Crippen LogP contribution in [0.5, 0.6) is 11.5 Å². The lowest BCUT2D eigenvalue weighted by atomic mass is 10.1. The summed E-state index contributed by atoms with van der Waals surface area (Å²) < 4.78 is 4.24. The highest BCUT2D eigenvalue weighted by Crippen LogP contribution is 2.31. The van der Waals surface area contributed by atoms with E-state index in [0.29, 0.717) is 0 Å². The maximum atomic E-state index is 10.9. The highest BCUT2D eigenvalue weighted by molar-refractivity contribution is 6.15. The van der Waals surface area contributed by atoms with Gasteiger partial charge >= 0.3 is 11.9 Å². The van der Waals surface area contributed by atoms with Gasteiger partial charge in [0.05, 0.1) is 11.1 Å². The fraction of sp³-hybridized carbons (Fsp3) is 0. The average molecular weight is 180 g/mol. The Hall–Kier alpha value is -2.04. The van der Waals surface area contributed by atoms with E-state index in [9.17, 15) is 9.59 Å². The SMILES string of the molecule is O=C1OC(=O)c2cc(O)c(O)cc21. The molecule has 66 valence electrons. The third-order valence-corrected chi connectivity index (χ3v) is 1.74. The monoisotopic (exact) mass is 180 g/mol. The lowest BCUT2D eigenvalue weighted by Gasteiger charge is -1.97. The highest BCUT2D eigenvalue weighted by atomic mass is 16.6. The van der Waals surface area contributed by atoms with E-state index in [4.69, 9.17) is 10.2 Å². The summed E-state index contributed by atoms with van der Waals surface area (Å²) in [4.78, 5) is 21.8. The van der Waals surface area contributed by atoms with Gasteiger partial charge < -0.3 is 14.9 Å². The first-order chi connectivity index (χ1) is 6.09. The molecule has 0 aromatic heterocycles. The summed E-state index contributed by atoms with van der Waals surface area (Å²) in [7, 11) is 0. The number of phenols is 2. The van der Waals surface area contributed by atoms with Crippen molar-refractivity contribution in [3.05, 3.63) is 23.3 Å². The van der Waals surface area contributed by atoms with Crippen LogP contribution < -0.4 is 0 Å². The first-order valence-electron chi connectivity index (χ1n) is 3.42. The number of aromatic hydroxyl groups is 2. The molecule has 0 saturated heterocycles. The number of hydrogen-bond donors (Lipinski definition) is 2. The number of phenolic OH excluding ortho intramolecular Hbond substituents is 2. The van der Waals surface area contributed by atoms with Crippen molar-refractivity contribution in [1.29, 1.82) is 0 Å². The second-order valence-electron chi connectivity index (χ2n) is 2.56. The van der Waals surface area contributed by atoms with Crippen LogP contribution in [0.25, 0.3) is 0 Å². The molecule has 0 saturated carbocycles. The van der Waals surface area contributed by atoms with E-state index in [0.717, 1.165) is 12.1 Å². The summed E-state index contributed by atoms with van der Waals surface area (Å²) >= 11 is 0. The summed E-state index contributed by atoms with van der Waals surface area (Å²) in [5, 5.41) is 18.0. The van der Waals surface area contributed by atoms with E-state index in [1.165, 1.54) is 0 Å². The standard InChI is InChI=1S/C8H4O5/c9-5-1-3-4(2-6(5)10)8(12)13-7(3)11/h1-2,9-10H. The maximum absolute atomic E-state index is 10.9. The van der Waals surface area contributed by atoms with Crippen molar-refractivity contribution in [1.82, 2.24) is 0 Å². The molecule has 1 aromatic rings. The molecule has 0 aliphatic carbocycles. The first-order valence-corrected chi connectivity index (χ1v) is 3.42. The Morgan fingerprint density at radius 3 is 1.69 bits per heavy atom. The zero-order valence-electron chi connectivity index (χ0n) is 6.27. The van der Waals surface area contributed by atoms with Crippen molar-refractivity contribution in [2.24, 2.45) is 0 Å². The molecule has 13 heavy (non-hydrogen) atoms. The van der Waals surface area contributed by atoms with E-state index in [1.807, 2.05) is 0 Å². The zero-order valence-corrected chi connectivity index (χ0v) is 6.27. The van der Waals surface area contributed by atoms with Crippen LogP contribution in [0.2, 0.25) is 0 Å². The second kappa shape index (κ2) is 2.22. The zero-order chi connectivity index (χ0) is 9.59. The third-order valence-electron chi connectivity index (χ3n) is 1.74. The van der Waals surface area contributed by atoms with Crippen molar-refractivity contribution in [2.75, 3.05) is 0 Å². The van der Waals surface area contributed by atoms with E-state index >= 15 is 0 Å². The number of carbonyl (C=O) groups is 2. The molecule has 1 heterocycles. The van der Waals surface area contributed by atoms with E-state index in [-0.39, 0.29) is 11.1 Å². The Labute approximate surface area is 72.2 Å². The Morgan fingerprint density at radius 1 is 0.923 bits per heavy atom. The Bertz CT molecular complexity index is 382. The molecule has 5 nitrogen and oxygen atoms in total. The Morgan fingerprint density at radius 2 is 1.31 bits per heavy atom. The second-order valence-corrected chi connectivity index (χ2v) is 2.56. The van der Waals surface area contributed by atoms with E-state index in [1.54, 1.807) is 0 Å². The number of carbonyl (C=O) groups excluding carboxylic acids is 2. The lowest BCUT2D eigenvalue weighted by molar-refractivity contribution is 0.0443. The van der Waals surface area contributed by atoms with E-state index in [2.05, 4.69) is 4.74 Å². The van der Waals surface area contributed by atoms with Crippen molar-refractivity contribution in [3.63, 3.8) is 0 Å². The topological polar surface area (TPSA) is 83.8 Å². The quantitative estimate of drug-likeness (QED) is 0.343. The van der Waals surface area contributed by atoms with Crippen molar-refractivity contribution >= 4 is 11.9 Å². The molecule has 2 N–H and O–H groups in total. The van der Waals surface area contributed by atoms with Crippen molar-refractivity contribution < 1.29 is 24.5 Å². The molecular weight excluding hydrogens is 176 g/mol. The number of ether oxygens (including phenoxy) is 1. The molecule has 0 atom stereocenters. The number of rotatable bonds is 0. The molecule has 1 aliphatic rings. The van der Waals surface area contributed by atoms with Gasteiger partial charge in [-0.05, 0) is 12.1 Å². The van der Waals surface area contributed by atoms with Crippen LogP contribution in [0.15, 0.2) is 12.1 Å². The molecule has 0 fully saturated rings. The van der Waals surface area contributed by atoms with Gasteiger partial charge in [0.15, 0.2) is 11.5 Å². The van der Waals surface area contributed by atoms with Gasteiger partial charge in [-0.15, -0.1) is 0 Å².